The van der Waals surface area contributed by atoms with Gasteiger partial charge in [-0.3, -0.25) is 4.79 Å². The van der Waals surface area contributed by atoms with Crippen molar-refractivity contribution in [2.75, 3.05) is 6.61 Å². The van der Waals surface area contributed by atoms with Crippen molar-refractivity contribution in [3.63, 3.8) is 0 Å². The minimum Gasteiger partial charge on any atom is -0.427 e. The van der Waals surface area contributed by atoms with Crippen LogP contribution in [-0.4, -0.2) is 17.7 Å². The fraction of sp³-hybridized carbons (Fsp3) is 0.731. The quantitative estimate of drug-likeness (QED) is 0.148. The number of rotatable bonds is 19. The average Bonchev–Trinajstić information content (AvgIpc) is 2.72. The topological polar surface area (TPSA) is 46.5 Å². The Balaban J connectivity index is 1.86. The highest BCUT2D eigenvalue weighted by Crippen LogP contribution is 2.16. The Bertz CT molecular complexity index is 495. The number of ether oxygens (including phenoxy) is 1. The lowest BCUT2D eigenvalue weighted by Gasteiger charge is -2.06. The van der Waals surface area contributed by atoms with Crippen LogP contribution in [0.5, 0.6) is 5.75 Å². The summed E-state index contributed by atoms with van der Waals surface area (Å²) in [7, 11) is 0. The maximum atomic E-state index is 11.9. The van der Waals surface area contributed by atoms with E-state index in [1.165, 1.54) is 83.5 Å². The summed E-state index contributed by atoms with van der Waals surface area (Å²) in [5.41, 5.74) is 1.05. The predicted octanol–water partition coefficient (Wildman–Crippen LogP) is 7.39. The Morgan fingerprint density at radius 3 is 1.62 bits per heavy atom. The second-order valence-corrected chi connectivity index (χ2v) is 8.29. The van der Waals surface area contributed by atoms with Crippen LogP contribution in [0, 0.1) is 0 Å². The number of unbranched alkanes of at least 4 members (excludes halogenated alkanes) is 14. The molecule has 0 heterocycles. The zero-order valence-electron chi connectivity index (χ0n) is 18.8. The zero-order chi connectivity index (χ0) is 21.0. The Morgan fingerprint density at radius 2 is 1.17 bits per heavy atom. The van der Waals surface area contributed by atoms with Gasteiger partial charge in [-0.25, -0.2) is 0 Å². The molecule has 1 N–H and O–H groups in total. The van der Waals surface area contributed by atoms with Crippen LogP contribution in [-0.2, 0) is 11.2 Å². The number of carbonyl (C=O) groups is 1. The van der Waals surface area contributed by atoms with Crippen LogP contribution in [0.15, 0.2) is 24.3 Å². The molecule has 0 spiro atoms. The Kier molecular flexibility index (Phi) is 16.5. The van der Waals surface area contributed by atoms with E-state index in [2.05, 4.69) is 6.92 Å². The normalized spacial score (nSPS) is 11.0. The zero-order valence-corrected chi connectivity index (χ0v) is 18.8. The number of esters is 1. The van der Waals surface area contributed by atoms with Gasteiger partial charge in [0, 0.05) is 13.0 Å². The summed E-state index contributed by atoms with van der Waals surface area (Å²) in [5.74, 6) is 0.451. The van der Waals surface area contributed by atoms with Crippen LogP contribution in [0.2, 0.25) is 0 Å². The summed E-state index contributed by atoms with van der Waals surface area (Å²) in [5, 5.41) is 8.91. The minimum absolute atomic E-state index is 0.137. The van der Waals surface area contributed by atoms with Gasteiger partial charge >= 0.3 is 5.97 Å². The third-order valence-electron chi connectivity index (χ3n) is 5.54. The Hall–Kier alpha value is -1.35. The van der Waals surface area contributed by atoms with Crippen molar-refractivity contribution in [3.8, 4) is 5.75 Å². The molecule has 0 radical (unpaired) electrons. The minimum atomic E-state index is -0.144. The highest BCUT2D eigenvalue weighted by atomic mass is 16.5. The van der Waals surface area contributed by atoms with E-state index in [9.17, 15) is 4.79 Å². The molecule has 0 bridgehead atoms. The molecule has 0 aliphatic carbocycles. The van der Waals surface area contributed by atoms with Crippen LogP contribution in [0.3, 0.4) is 0 Å². The molecule has 166 valence electrons. The fourth-order valence-corrected chi connectivity index (χ4v) is 3.68. The lowest BCUT2D eigenvalue weighted by Crippen LogP contribution is -2.07. The van der Waals surface area contributed by atoms with Crippen LogP contribution < -0.4 is 4.74 Å². The smallest absolute Gasteiger partial charge is 0.311 e. The third kappa shape index (κ3) is 15.2. The molecule has 1 rings (SSSR count). The van der Waals surface area contributed by atoms with Gasteiger partial charge in [0.05, 0.1) is 0 Å². The van der Waals surface area contributed by atoms with Gasteiger partial charge in [0.1, 0.15) is 5.75 Å². The van der Waals surface area contributed by atoms with Gasteiger partial charge in [-0.1, -0.05) is 109 Å². The second kappa shape index (κ2) is 18.7. The molecular formula is C26H44O3. The van der Waals surface area contributed by atoms with Gasteiger partial charge < -0.3 is 9.84 Å². The Morgan fingerprint density at radius 1 is 0.724 bits per heavy atom. The van der Waals surface area contributed by atoms with Crippen molar-refractivity contribution in [2.45, 2.75) is 116 Å². The molecule has 1 aromatic carbocycles. The second-order valence-electron chi connectivity index (χ2n) is 8.29. The number of benzene rings is 1. The van der Waals surface area contributed by atoms with E-state index < -0.39 is 0 Å². The molecule has 0 aliphatic heterocycles. The molecular weight excluding hydrogens is 360 g/mol. The summed E-state index contributed by atoms with van der Waals surface area (Å²) in [6, 6.07) is 7.39. The molecule has 0 unspecified atom stereocenters. The predicted molar refractivity (Wildman–Crippen MR) is 122 cm³/mol. The molecule has 29 heavy (non-hydrogen) atoms. The van der Waals surface area contributed by atoms with Crippen LogP contribution >= 0.6 is 0 Å². The first-order valence-electron chi connectivity index (χ1n) is 12.2. The molecule has 0 aromatic heterocycles. The largest absolute Gasteiger partial charge is 0.427 e. The van der Waals surface area contributed by atoms with E-state index in [0.29, 0.717) is 18.6 Å². The summed E-state index contributed by atoms with van der Waals surface area (Å²) in [4.78, 5) is 11.9. The summed E-state index contributed by atoms with van der Waals surface area (Å²) < 4.78 is 5.37. The van der Waals surface area contributed by atoms with Crippen molar-refractivity contribution < 1.29 is 14.6 Å². The average molecular weight is 405 g/mol. The third-order valence-corrected chi connectivity index (χ3v) is 5.54. The van der Waals surface area contributed by atoms with Crippen molar-refractivity contribution >= 4 is 5.97 Å². The molecule has 3 heteroatoms. The molecule has 3 nitrogen and oxygen atoms in total. The van der Waals surface area contributed by atoms with Crippen molar-refractivity contribution in [1.82, 2.24) is 0 Å². The van der Waals surface area contributed by atoms with E-state index in [1.807, 2.05) is 12.1 Å². The van der Waals surface area contributed by atoms with E-state index in [1.54, 1.807) is 12.1 Å². The van der Waals surface area contributed by atoms with E-state index in [4.69, 9.17) is 9.84 Å². The first-order valence-corrected chi connectivity index (χ1v) is 12.2. The van der Waals surface area contributed by atoms with Crippen molar-refractivity contribution in [2.24, 2.45) is 0 Å². The van der Waals surface area contributed by atoms with Gasteiger partial charge in [-0.05, 0) is 30.5 Å². The fourth-order valence-electron chi connectivity index (χ4n) is 3.68. The molecule has 0 aliphatic rings. The molecule has 1 aromatic rings. The number of aliphatic hydroxyl groups excluding tert-OH is 1. The summed E-state index contributed by atoms with van der Waals surface area (Å²) in [6.45, 7) is 2.41. The number of aliphatic hydroxyl groups is 1. The summed E-state index contributed by atoms with van der Waals surface area (Å²) >= 11 is 0. The molecule has 0 fully saturated rings. The molecule has 0 saturated heterocycles. The van der Waals surface area contributed by atoms with Gasteiger partial charge in [0.25, 0.3) is 0 Å². The Labute approximate surface area is 179 Å². The first kappa shape index (κ1) is 25.7. The number of hydrogen-bond donors (Lipinski definition) is 1. The highest BCUT2D eigenvalue weighted by Gasteiger charge is 2.05. The van der Waals surface area contributed by atoms with E-state index in [0.717, 1.165) is 18.4 Å². The van der Waals surface area contributed by atoms with Crippen LogP contribution in [0.4, 0.5) is 0 Å². The molecule has 0 saturated carbocycles. The molecule has 0 amide bonds. The lowest BCUT2D eigenvalue weighted by atomic mass is 10.0. The van der Waals surface area contributed by atoms with E-state index in [-0.39, 0.29) is 12.6 Å². The maximum absolute atomic E-state index is 11.9. The lowest BCUT2D eigenvalue weighted by molar-refractivity contribution is -0.134. The van der Waals surface area contributed by atoms with Crippen molar-refractivity contribution in [3.05, 3.63) is 29.8 Å². The first-order chi connectivity index (χ1) is 14.3. The number of carbonyl (C=O) groups excluding carboxylic acids is 1. The summed E-state index contributed by atoms with van der Waals surface area (Å²) in [6.07, 6.45) is 21.0. The van der Waals surface area contributed by atoms with Gasteiger partial charge in [0.15, 0.2) is 0 Å². The highest BCUT2D eigenvalue weighted by molar-refractivity contribution is 5.72. The standard InChI is InChI=1S/C26H44O3/c1-2-3-4-5-6-7-8-9-10-11-12-13-14-15-16-17-26(28)29-25-20-18-24(19-21-25)22-23-27/h18-21,27H,2-17,22-23H2,1H3. The SMILES string of the molecule is CCCCCCCCCCCCCCCCCC(=O)Oc1ccc(CCO)cc1. The van der Waals surface area contributed by atoms with Crippen LogP contribution in [0.1, 0.15) is 115 Å². The van der Waals surface area contributed by atoms with Crippen LogP contribution in [0.25, 0.3) is 0 Å². The van der Waals surface area contributed by atoms with Crippen molar-refractivity contribution in [1.29, 1.82) is 0 Å². The number of hydrogen-bond acceptors (Lipinski definition) is 3. The van der Waals surface area contributed by atoms with Gasteiger partial charge in [-0.2, -0.15) is 0 Å². The molecule has 0 atom stereocenters. The maximum Gasteiger partial charge on any atom is 0.311 e. The monoisotopic (exact) mass is 404 g/mol. The van der Waals surface area contributed by atoms with Gasteiger partial charge in [-0.15, -0.1) is 0 Å². The van der Waals surface area contributed by atoms with E-state index >= 15 is 0 Å². The van der Waals surface area contributed by atoms with Gasteiger partial charge in [0.2, 0.25) is 0 Å².